The van der Waals surface area contributed by atoms with Gasteiger partial charge in [0, 0.05) is 25.7 Å². The molecule has 3 N–H and O–H groups in total. The molecule has 0 aromatic carbocycles. The minimum Gasteiger partial charge on any atom is -0.354 e. The van der Waals surface area contributed by atoms with E-state index in [1.54, 1.807) is 0 Å². The maximum Gasteiger partial charge on any atom is 0.237 e. The van der Waals surface area contributed by atoms with Gasteiger partial charge >= 0.3 is 0 Å². The molecule has 0 aromatic rings. The van der Waals surface area contributed by atoms with Crippen molar-refractivity contribution in [3.8, 4) is 0 Å². The average Bonchev–Trinajstić information content (AvgIpc) is 2.28. The molecule has 1 heterocycles. The van der Waals surface area contributed by atoms with E-state index < -0.39 is 0 Å². The highest BCUT2D eigenvalue weighted by Gasteiger charge is 2.36. The third kappa shape index (κ3) is 3.95. The molecule has 0 bridgehead atoms. The monoisotopic (exact) mass is 255 g/mol. The minimum absolute atomic E-state index is 0.0597. The minimum atomic E-state index is -0.0597. The van der Waals surface area contributed by atoms with Crippen LogP contribution in [0.4, 0.5) is 0 Å². The molecule has 0 aliphatic carbocycles. The highest BCUT2D eigenvalue weighted by Crippen LogP contribution is 2.28. The van der Waals surface area contributed by atoms with E-state index in [-0.39, 0.29) is 23.4 Å². The number of rotatable bonds is 4. The van der Waals surface area contributed by atoms with Crippen LogP contribution in [-0.2, 0) is 4.79 Å². The SMILES string of the molecule is CC(C)CNC(=O)C(C)N1CCC(N)C(C)(C)C1. The van der Waals surface area contributed by atoms with Crippen molar-refractivity contribution in [1.29, 1.82) is 0 Å². The number of carbonyl (C=O) groups is 1. The Morgan fingerprint density at radius 3 is 2.56 bits per heavy atom. The highest BCUT2D eigenvalue weighted by atomic mass is 16.2. The van der Waals surface area contributed by atoms with Crippen molar-refractivity contribution in [2.45, 2.75) is 53.1 Å². The Morgan fingerprint density at radius 2 is 2.06 bits per heavy atom. The Morgan fingerprint density at radius 1 is 1.44 bits per heavy atom. The van der Waals surface area contributed by atoms with Crippen molar-refractivity contribution in [2.75, 3.05) is 19.6 Å². The molecule has 2 atom stereocenters. The van der Waals surface area contributed by atoms with Crippen molar-refractivity contribution >= 4 is 5.91 Å². The van der Waals surface area contributed by atoms with Crippen LogP contribution in [0.1, 0.15) is 41.0 Å². The van der Waals surface area contributed by atoms with Gasteiger partial charge in [0.05, 0.1) is 6.04 Å². The van der Waals surface area contributed by atoms with Gasteiger partial charge in [-0.3, -0.25) is 9.69 Å². The van der Waals surface area contributed by atoms with Crippen molar-refractivity contribution in [1.82, 2.24) is 10.2 Å². The van der Waals surface area contributed by atoms with Gasteiger partial charge in [0.2, 0.25) is 5.91 Å². The predicted octanol–water partition coefficient (Wildman–Crippen LogP) is 1.21. The molecule has 106 valence electrons. The second-order valence-electron chi connectivity index (χ2n) is 6.67. The molecule has 0 spiro atoms. The first-order valence-electron chi connectivity index (χ1n) is 7.01. The lowest BCUT2D eigenvalue weighted by Crippen LogP contribution is -2.57. The van der Waals surface area contributed by atoms with Gasteiger partial charge in [-0.05, 0) is 24.7 Å². The molecule has 0 radical (unpaired) electrons. The van der Waals surface area contributed by atoms with Crippen LogP contribution in [0.3, 0.4) is 0 Å². The van der Waals surface area contributed by atoms with E-state index in [1.807, 2.05) is 6.92 Å². The first-order valence-corrected chi connectivity index (χ1v) is 7.01. The van der Waals surface area contributed by atoms with Crippen molar-refractivity contribution < 1.29 is 4.79 Å². The van der Waals surface area contributed by atoms with Crippen LogP contribution >= 0.6 is 0 Å². The summed E-state index contributed by atoms with van der Waals surface area (Å²) in [6, 6.07) is 0.176. The van der Waals surface area contributed by atoms with Gasteiger partial charge in [0.15, 0.2) is 0 Å². The third-order valence-corrected chi connectivity index (χ3v) is 3.95. The van der Waals surface area contributed by atoms with Crippen molar-refractivity contribution in [3.05, 3.63) is 0 Å². The number of hydrogen-bond donors (Lipinski definition) is 2. The summed E-state index contributed by atoms with van der Waals surface area (Å²) in [6.07, 6.45) is 0.967. The van der Waals surface area contributed by atoms with Crippen LogP contribution in [-0.4, -0.2) is 42.5 Å². The van der Waals surface area contributed by atoms with Crippen LogP contribution in [0.5, 0.6) is 0 Å². The summed E-state index contributed by atoms with van der Waals surface area (Å²) in [7, 11) is 0. The molecule has 18 heavy (non-hydrogen) atoms. The number of likely N-dealkylation sites (tertiary alicyclic amines) is 1. The first kappa shape index (κ1) is 15.4. The Bertz CT molecular complexity index is 289. The van der Waals surface area contributed by atoms with Gasteiger partial charge in [-0.25, -0.2) is 0 Å². The predicted molar refractivity (Wildman–Crippen MR) is 75.3 cm³/mol. The van der Waals surface area contributed by atoms with Crippen LogP contribution in [0.15, 0.2) is 0 Å². The quantitative estimate of drug-likeness (QED) is 0.794. The molecule has 4 nitrogen and oxygen atoms in total. The van der Waals surface area contributed by atoms with Crippen LogP contribution in [0.2, 0.25) is 0 Å². The Kier molecular flexibility index (Phi) is 5.17. The highest BCUT2D eigenvalue weighted by molar-refractivity contribution is 5.81. The molecule has 2 unspecified atom stereocenters. The molecule has 1 rings (SSSR count). The zero-order valence-corrected chi connectivity index (χ0v) is 12.5. The summed E-state index contributed by atoms with van der Waals surface area (Å²) in [5, 5.41) is 3.01. The van der Waals surface area contributed by atoms with E-state index >= 15 is 0 Å². The van der Waals surface area contributed by atoms with Gasteiger partial charge in [-0.1, -0.05) is 27.7 Å². The third-order valence-electron chi connectivity index (χ3n) is 3.95. The molecule has 0 aromatic heterocycles. The fourth-order valence-electron chi connectivity index (χ4n) is 2.36. The van der Waals surface area contributed by atoms with E-state index in [9.17, 15) is 4.79 Å². The summed E-state index contributed by atoms with van der Waals surface area (Å²) >= 11 is 0. The largest absolute Gasteiger partial charge is 0.354 e. The topological polar surface area (TPSA) is 58.4 Å². The van der Waals surface area contributed by atoms with Crippen LogP contribution in [0, 0.1) is 11.3 Å². The van der Waals surface area contributed by atoms with E-state index in [0.29, 0.717) is 5.92 Å². The molecular weight excluding hydrogens is 226 g/mol. The number of piperidine rings is 1. The van der Waals surface area contributed by atoms with E-state index in [0.717, 1.165) is 26.1 Å². The number of amides is 1. The fourth-order valence-corrected chi connectivity index (χ4v) is 2.36. The zero-order chi connectivity index (χ0) is 13.9. The standard InChI is InChI=1S/C14H29N3O/c1-10(2)8-16-13(18)11(3)17-7-6-12(15)14(4,5)9-17/h10-12H,6-9,15H2,1-5H3,(H,16,18). The second kappa shape index (κ2) is 6.02. The van der Waals surface area contributed by atoms with Crippen LogP contribution < -0.4 is 11.1 Å². The molecule has 1 aliphatic heterocycles. The Labute approximate surface area is 111 Å². The molecule has 1 fully saturated rings. The summed E-state index contributed by atoms with van der Waals surface area (Å²) in [6.45, 7) is 13.1. The molecule has 1 saturated heterocycles. The van der Waals surface area contributed by atoms with E-state index in [1.165, 1.54) is 0 Å². The lowest BCUT2D eigenvalue weighted by atomic mass is 9.79. The molecule has 1 amide bonds. The molecule has 4 heteroatoms. The smallest absolute Gasteiger partial charge is 0.237 e. The number of nitrogens with zero attached hydrogens (tertiary/aromatic N) is 1. The summed E-state index contributed by atoms with van der Waals surface area (Å²) in [5.41, 5.74) is 6.21. The molecule has 0 saturated carbocycles. The van der Waals surface area contributed by atoms with E-state index in [4.69, 9.17) is 5.73 Å². The second-order valence-corrected chi connectivity index (χ2v) is 6.67. The van der Waals surface area contributed by atoms with Crippen molar-refractivity contribution in [3.63, 3.8) is 0 Å². The Hall–Kier alpha value is -0.610. The van der Waals surface area contributed by atoms with Gasteiger partial charge in [-0.15, -0.1) is 0 Å². The summed E-state index contributed by atoms with van der Waals surface area (Å²) in [5.74, 6) is 0.627. The van der Waals surface area contributed by atoms with Gasteiger partial charge in [0.25, 0.3) is 0 Å². The number of nitrogens with one attached hydrogen (secondary N) is 1. The summed E-state index contributed by atoms with van der Waals surface area (Å²) < 4.78 is 0. The molecule has 1 aliphatic rings. The normalized spacial score (nSPS) is 26.1. The zero-order valence-electron chi connectivity index (χ0n) is 12.5. The van der Waals surface area contributed by atoms with Crippen molar-refractivity contribution in [2.24, 2.45) is 17.1 Å². The lowest BCUT2D eigenvalue weighted by molar-refractivity contribution is -0.127. The first-order chi connectivity index (χ1) is 8.24. The maximum absolute atomic E-state index is 12.1. The lowest BCUT2D eigenvalue weighted by Gasteiger charge is -2.44. The average molecular weight is 255 g/mol. The van der Waals surface area contributed by atoms with Gasteiger partial charge < -0.3 is 11.1 Å². The molecular formula is C14H29N3O. The van der Waals surface area contributed by atoms with E-state index in [2.05, 4.69) is 37.9 Å². The fraction of sp³-hybridized carbons (Fsp3) is 0.929. The van der Waals surface area contributed by atoms with Crippen LogP contribution in [0.25, 0.3) is 0 Å². The van der Waals surface area contributed by atoms with Gasteiger partial charge in [-0.2, -0.15) is 0 Å². The Balaban J connectivity index is 2.51. The number of hydrogen-bond acceptors (Lipinski definition) is 3. The maximum atomic E-state index is 12.1. The van der Waals surface area contributed by atoms with Gasteiger partial charge in [0.1, 0.15) is 0 Å². The number of nitrogens with two attached hydrogens (primary N) is 1. The summed E-state index contributed by atoms with van der Waals surface area (Å²) in [4.78, 5) is 14.3. The number of carbonyl (C=O) groups excluding carboxylic acids is 1.